The van der Waals surface area contributed by atoms with Crippen LogP contribution in [0.4, 0.5) is 0 Å². The molecule has 1 aliphatic rings. The summed E-state index contributed by atoms with van der Waals surface area (Å²) in [6.07, 6.45) is 1.58. The van der Waals surface area contributed by atoms with Gasteiger partial charge < -0.3 is 4.74 Å². The Morgan fingerprint density at radius 1 is 1.24 bits per heavy atom. The van der Waals surface area contributed by atoms with Crippen molar-refractivity contribution < 1.29 is 4.74 Å². The molecule has 0 aliphatic carbocycles. The molecule has 1 aromatic heterocycles. The molecule has 1 atom stereocenters. The van der Waals surface area contributed by atoms with E-state index in [1.165, 1.54) is 4.57 Å². The molecule has 0 radical (unpaired) electrons. The monoisotopic (exact) mass is 306 g/mol. The van der Waals surface area contributed by atoms with Gasteiger partial charge in [-0.15, -0.1) is 0 Å². The van der Waals surface area contributed by atoms with Crippen molar-refractivity contribution in [3.05, 3.63) is 56.3 Å². The zero-order valence-electron chi connectivity index (χ0n) is 11.3. The van der Waals surface area contributed by atoms with E-state index in [2.05, 4.69) is 4.98 Å². The first-order chi connectivity index (χ1) is 10.2. The summed E-state index contributed by atoms with van der Waals surface area (Å²) in [5, 5.41) is 0.0733. The van der Waals surface area contributed by atoms with Crippen LogP contribution in [-0.2, 0) is 4.74 Å². The van der Waals surface area contributed by atoms with E-state index < -0.39 is 5.69 Å². The number of ether oxygens (including phenoxy) is 1. The van der Waals surface area contributed by atoms with Gasteiger partial charge in [-0.05, 0) is 18.4 Å². The van der Waals surface area contributed by atoms with Crippen LogP contribution in [0.1, 0.15) is 18.9 Å². The van der Waals surface area contributed by atoms with Crippen LogP contribution in [-0.4, -0.2) is 22.8 Å². The van der Waals surface area contributed by atoms with Crippen molar-refractivity contribution in [2.24, 2.45) is 0 Å². The highest BCUT2D eigenvalue weighted by molar-refractivity contribution is 6.32. The maximum absolute atomic E-state index is 12.7. The summed E-state index contributed by atoms with van der Waals surface area (Å²) in [5.74, 6) is 0. The largest absolute Gasteiger partial charge is 0.379 e. The lowest BCUT2D eigenvalue weighted by Gasteiger charge is -2.23. The first-order valence-corrected chi connectivity index (χ1v) is 7.24. The van der Waals surface area contributed by atoms with Crippen LogP contribution in [0.25, 0.3) is 11.1 Å². The Balaban J connectivity index is 2.18. The quantitative estimate of drug-likeness (QED) is 0.865. The summed E-state index contributed by atoms with van der Waals surface area (Å²) in [6.45, 7) is 1.04. The lowest BCUT2D eigenvalue weighted by Crippen LogP contribution is -2.41. The van der Waals surface area contributed by atoms with E-state index in [-0.39, 0.29) is 16.8 Å². The first kappa shape index (κ1) is 14.1. The van der Waals surface area contributed by atoms with Gasteiger partial charge in [-0.3, -0.25) is 14.3 Å². The molecular weight excluding hydrogens is 292 g/mol. The minimum Gasteiger partial charge on any atom is -0.379 e. The molecule has 110 valence electrons. The van der Waals surface area contributed by atoms with Crippen molar-refractivity contribution in [3.63, 3.8) is 0 Å². The highest BCUT2D eigenvalue weighted by Gasteiger charge is 2.22. The SMILES string of the molecule is O=c1[nH]c(Cl)c(-c2ccccc2)c(=O)n1C1CCCOC1. The predicted octanol–water partition coefficient (Wildman–Crippen LogP) is 2.21. The Morgan fingerprint density at radius 3 is 2.67 bits per heavy atom. The van der Waals surface area contributed by atoms with Gasteiger partial charge in [-0.2, -0.15) is 0 Å². The molecule has 1 aliphatic heterocycles. The first-order valence-electron chi connectivity index (χ1n) is 6.86. The van der Waals surface area contributed by atoms with Gasteiger partial charge in [0.2, 0.25) is 0 Å². The molecule has 3 rings (SSSR count). The van der Waals surface area contributed by atoms with Gasteiger partial charge in [0.15, 0.2) is 0 Å². The molecular formula is C15H15ClN2O3. The molecule has 0 amide bonds. The van der Waals surface area contributed by atoms with Crippen LogP contribution in [0.5, 0.6) is 0 Å². The van der Waals surface area contributed by atoms with Crippen molar-refractivity contribution in [3.8, 4) is 11.1 Å². The summed E-state index contributed by atoms with van der Waals surface area (Å²) < 4.78 is 6.61. The van der Waals surface area contributed by atoms with Crippen molar-refractivity contribution in [1.82, 2.24) is 9.55 Å². The Labute approximate surface area is 126 Å². The highest BCUT2D eigenvalue weighted by Crippen LogP contribution is 2.23. The molecule has 2 aromatic rings. The summed E-state index contributed by atoms with van der Waals surface area (Å²) in [4.78, 5) is 27.4. The summed E-state index contributed by atoms with van der Waals surface area (Å²) in [5.41, 5.74) is 0.155. The third-order valence-corrected chi connectivity index (χ3v) is 3.93. The number of H-pyrrole nitrogens is 1. The van der Waals surface area contributed by atoms with Gasteiger partial charge in [-0.1, -0.05) is 41.9 Å². The molecule has 1 aromatic carbocycles. The van der Waals surface area contributed by atoms with Crippen molar-refractivity contribution >= 4 is 11.6 Å². The van der Waals surface area contributed by atoms with Gasteiger partial charge in [0.1, 0.15) is 5.15 Å². The van der Waals surface area contributed by atoms with Gasteiger partial charge in [0.25, 0.3) is 5.56 Å². The molecule has 1 N–H and O–H groups in total. The molecule has 1 unspecified atom stereocenters. The lowest BCUT2D eigenvalue weighted by atomic mass is 10.1. The van der Waals surface area contributed by atoms with Crippen LogP contribution in [0.2, 0.25) is 5.15 Å². The minimum absolute atomic E-state index is 0.0733. The zero-order chi connectivity index (χ0) is 14.8. The van der Waals surface area contributed by atoms with E-state index in [1.54, 1.807) is 12.1 Å². The van der Waals surface area contributed by atoms with E-state index in [9.17, 15) is 9.59 Å². The Bertz CT molecular complexity index is 746. The average Bonchev–Trinajstić information content (AvgIpc) is 2.49. The van der Waals surface area contributed by atoms with Gasteiger partial charge in [0.05, 0.1) is 18.2 Å². The Morgan fingerprint density at radius 2 is 2.00 bits per heavy atom. The van der Waals surface area contributed by atoms with Crippen molar-refractivity contribution in [2.45, 2.75) is 18.9 Å². The molecule has 21 heavy (non-hydrogen) atoms. The van der Waals surface area contributed by atoms with Gasteiger partial charge in [-0.25, -0.2) is 4.79 Å². The summed E-state index contributed by atoms with van der Waals surface area (Å²) >= 11 is 6.08. The van der Waals surface area contributed by atoms with E-state index in [0.717, 1.165) is 12.8 Å². The van der Waals surface area contributed by atoms with E-state index in [0.29, 0.717) is 24.3 Å². The topological polar surface area (TPSA) is 64.1 Å². The third-order valence-electron chi connectivity index (χ3n) is 3.65. The number of nitrogens with one attached hydrogen (secondary N) is 1. The normalized spacial score (nSPS) is 18.6. The van der Waals surface area contributed by atoms with E-state index in [4.69, 9.17) is 16.3 Å². The molecule has 0 saturated carbocycles. The second-order valence-electron chi connectivity index (χ2n) is 5.03. The number of hydrogen-bond donors (Lipinski definition) is 1. The van der Waals surface area contributed by atoms with Gasteiger partial charge >= 0.3 is 5.69 Å². The molecule has 1 fully saturated rings. The summed E-state index contributed by atoms with van der Waals surface area (Å²) in [7, 11) is 0. The van der Waals surface area contributed by atoms with Gasteiger partial charge in [0, 0.05) is 6.61 Å². The fourth-order valence-corrected chi connectivity index (χ4v) is 2.91. The van der Waals surface area contributed by atoms with Crippen LogP contribution in [0, 0.1) is 0 Å². The second kappa shape index (κ2) is 5.87. The summed E-state index contributed by atoms with van der Waals surface area (Å²) in [6, 6.07) is 8.85. The second-order valence-corrected chi connectivity index (χ2v) is 5.41. The Kier molecular flexibility index (Phi) is 3.94. The fraction of sp³-hybridized carbons (Fsp3) is 0.333. The maximum Gasteiger partial charge on any atom is 0.329 e. The number of benzene rings is 1. The van der Waals surface area contributed by atoms with Crippen molar-refractivity contribution in [2.75, 3.05) is 13.2 Å². The smallest absolute Gasteiger partial charge is 0.329 e. The number of aromatic amines is 1. The highest BCUT2D eigenvalue weighted by atomic mass is 35.5. The van der Waals surface area contributed by atoms with Crippen molar-refractivity contribution in [1.29, 1.82) is 0 Å². The molecule has 0 bridgehead atoms. The minimum atomic E-state index is -0.486. The van der Waals surface area contributed by atoms with E-state index in [1.807, 2.05) is 18.2 Å². The third kappa shape index (κ3) is 2.66. The number of hydrogen-bond acceptors (Lipinski definition) is 3. The number of aromatic nitrogens is 2. The zero-order valence-corrected chi connectivity index (χ0v) is 12.1. The fourth-order valence-electron chi connectivity index (χ4n) is 2.64. The molecule has 1 saturated heterocycles. The standard InChI is InChI=1S/C15H15ClN2O3/c16-13-12(10-5-2-1-3-6-10)14(19)18(15(20)17-13)11-7-4-8-21-9-11/h1-3,5-6,11H,4,7-9H2,(H,17,20). The van der Waals surface area contributed by atoms with Crippen LogP contribution in [0.15, 0.2) is 39.9 Å². The predicted molar refractivity (Wildman–Crippen MR) is 80.9 cm³/mol. The van der Waals surface area contributed by atoms with Crippen LogP contribution < -0.4 is 11.2 Å². The molecule has 6 heteroatoms. The lowest BCUT2D eigenvalue weighted by molar-refractivity contribution is 0.0565. The number of nitrogens with zero attached hydrogens (tertiary/aromatic N) is 1. The van der Waals surface area contributed by atoms with E-state index >= 15 is 0 Å². The average molecular weight is 307 g/mol. The number of rotatable bonds is 2. The van der Waals surface area contributed by atoms with Crippen LogP contribution in [0.3, 0.4) is 0 Å². The molecule has 0 spiro atoms. The molecule has 5 nitrogen and oxygen atoms in total. The maximum atomic E-state index is 12.7. The van der Waals surface area contributed by atoms with Crippen LogP contribution >= 0.6 is 11.6 Å². The number of halogens is 1. The Hall–Kier alpha value is -1.85. The molecule has 2 heterocycles.